The summed E-state index contributed by atoms with van der Waals surface area (Å²) in [7, 11) is 1.36. The molecule has 4 aromatic rings. The number of aryl methyl sites for hydroxylation is 1. The first kappa shape index (κ1) is 20.8. The van der Waals surface area contributed by atoms with Crippen LogP contribution in [0.2, 0.25) is 0 Å². The molecule has 0 saturated carbocycles. The molecule has 0 radical (unpaired) electrons. The van der Waals surface area contributed by atoms with E-state index >= 15 is 0 Å². The molecular weight excluding hydrogens is 469 g/mol. The molecular formula is C21H17BrFN5O3. The van der Waals surface area contributed by atoms with Crippen molar-refractivity contribution in [1.29, 1.82) is 0 Å². The fourth-order valence-corrected chi connectivity index (χ4v) is 3.56. The van der Waals surface area contributed by atoms with Crippen LogP contribution in [0.25, 0.3) is 11.3 Å². The van der Waals surface area contributed by atoms with Gasteiger partial charge in [-0.1, -0.05) is 18.2 Å². The van der Waals surface area contributed by atoms with Crippen LogP contribution in [0.1, 0.15) is 15.9 Å². The number of aromatic nitrogens is 3. The number of hydrogen-bond donors (Lipinski definition) is 2. The Labute approximate surface area is 184 Å². The van der Waals surface area contributed by atoms with Crippen LogP contribution in [-0.4, -0.2) is 27.2 Å². The van der Waals surface area contributed by atoms with Gasteiger partial charge in [-0.2, -0.15) is 0 Å². The molecule has 2 heterocycles. The second-order valence-electron chi connectivity index (χ2n) is 6.65. The van der Waals surface area contributed by atoms with Gasteiger partial charge in [-0.05, 0) is 58.7 Å². The zero-order valence-electron chi connectivity index (χ0n) is 16.5. The highest BCUT2D eigenvalue weighted by Gasteiger charge is 2.18. The molecule has 0 aliphatic carbocycles. The molecule has 8 nitrogen and oxygen atoms in total. The largest absolute Gasteiger partial charge is 0.340 e. The van der Waals surface area contributed by atoms with Gasteiger partial charge < -0.3 is 5.32 Å². The van der Waals surface area contributed by atoms with Crippen molar-refractivity contribution in [2.45, 2.75) is 6.92 Å². The number of benzene rings is 2. The summed E-state index contributed by atoms with van der Waals surface area (Å²) >= 11 is 3.27. The van der Waals surface area contributed by atoms with Crippen molar-refractivity contribution in [3.8, 4) is 5.69 Å². The number of carbonyl (C=O) groups is 1. The lowest BCUT2D eigenvalue weighted by molar-refractivity contribution is 0.0537. The predicted octanol–water partition coefficient (Wildman–Crippen LogP) is 3.73. The minimum absolute atomic E-state index is 0.114. The average Bonchev–Trinajstić information content (AvgIpc) is 3.00. The zero-order chi connectivity index (χ0) is 22.1. The van der Waals surface area contributed by atoms with Gasteiger partial charge in [-0.3, -0.25) is 14.4 Å². The van der Waals surface area contributed by atoms with Gasteiger partial charge in [0.1, 0.15) is 21.8 Å². The Morgan fingerprint density at radius 1 is 1.19 bits per heavy atom. The normalized spacial score (nSPS) is 11.0. The molecule has 0 unspecified atom stereocenters. The maximum absolute atomic E-state index is 14.3. The second-order valence-corrected chi connectivity index (χ2v) is 7.45. The number of hydroxylamine groups is 1. The number of rotatable bonds is 5. The third kappa shape index (κ3) is 3.82. The smallest absolute Gasteiger partial charge is 0.288 e. The third-order valence-corrected chi connectivity index (χ3v) is 5.34. The Bertz CT molecular complexity index is 1370. The van der Waals surface area contributed by atoms with Crippen LogP contribution in [0, 0.1) is 12.7 Å². The first-order valence-electron chi connectivity index (χ1n) is 9.16. The van der Waals surface area contributed by atoms with Gasteiger partial charge in [-0.25, -0.2) is 24.1 Å². The lowest BCUT2D eigenvalue weighted by Gasteiger charge is -2.12. The number of halogens is 2. The molecule has 10 heteroatoms. The average molecular weight is 486 g/mol. The Morgan fingerprint density at radius 3 is 2.71 bits per heavy atom. The van der Waals surface area contributed by atoms with E-state index in [0.29, 0.717) is 22.7 Å². The van der Waals surface area contributed by atoms with Crippen molar-refractivity contribution in [1.82, 2.24) is 19.7 Å². The van der Waals surface area contributed by atoms with Crippen molar-refractivity contribution in [2.75, 3.05) is 12.4 Å². The van der Waals surface area contributed by atoms with E-state index in [1.165, 1.54) is 28.4 Å². The van der Waals surface area contributed by atoms with Crippen LogP contribution in [0.4, 0.5) is 15.9 Å². The van der Waals surface area contributed by atoms with Crippen molar-refractivity contribution < 1.29 is 14.0 Å². The Balaban J connectivity index is 1.76. The van der Waals surface area contributed by atoms with Crippen molar-refractivity contribution >= 4 is 39.0 Å². The molecule has 0 atom stereocenters. The lowest BCUT2D eigenvalue weighted by atomic mass is 10.1. The fourth-order valence-electron chi connectivity index (χ4n) is 3.12. The Kier molecular flexibility index (Phi) is 5.57. The van der Waals surface area contributed by atoms with E-state index in [-0.39, 0.29) is 16.1 Å². The van der Waals surface area contributed by atoms with Gasteiger partial charge in [0, 0.05) is 17.4 Å². The summed E-state index contributed by atoms with van der Waals surface area (Å²) in [5.74, 6) is -0.468. The summed E-state index contributed by atoms with van der Waals surface area (Å²) < 4.78 is 17.2. The molecule has 31 heavy (non-hydrogen) atoms. The fraction of sp³-hybridized carbons (Fsp3) is 0.0952. The number of nitrogens with zero attached hydrogens (tertiary/aromatic N) is 3. The maximum Gasteiger partial charge on any atom is 0.288 e. The van der Waals surface area contributed by atoms with Crippen molar-refractivity contribution in [2.24, 2.45) is 0 Å². The minimum Gasteiger partial charge on any atom is -0.340 e. The van der Waals surface area contributed by atoms with Crippen molar-refractivity contribution in [3.63, 3.8) is 0 Å². The molecule has 1 amide bonds. The van der Waals surface area contributed by atoms with Crippen LogP contribution in [0.3, 0.4) is 0 Å². The third-order valence-electron chi connectivity index (χ3n) is 4.65. The van der Waals surface area contributed by atoms with Crippen LogP contribution in [0.15, 0.2) is 64.0 Å². The minimum atomic E-state index is -0.527. The first-order valence-corrected chi connectivity index (χ1v) is 9.96. The highest BCUT2D eigenvalue weighted by molar-refractivity contribution is 9.10. The maximum atomic E-state index is 14.3. The number of anilines is 2. The molecule has 0 aliphatic rings. The van der Waals surface area contributed by atoms with Gasteiger partial charge in [0.05, 0.1) is 7.11 Å². The van der Waals surface area contributed by atoms with Crippen LogP contribution >= 0.6 is 15.9 Å². The molecule has 0 bridgehead atoms. The van der Waals surface area contributed by atoms with Crippen LogP contribution in [-0.2, 0) is 4.84 Å². The second kappa shape index (κ2) is 8.32. The van der Waals surface area contributed by atoms with Gasteiger partial charge in [0.25, 0.3) is 11.5 Å². The first-order chi connectivity index (χ1) is 14.9. The van der Waals surface area contributed by atoms with Gasteiger partial charge in [0.15, 0.2) is 5.65 Å². The summed E-state index contributed by atoms with van der Waals surface area (Å²) in [5, 5.41) is 3.16. The quantitative estimate of drug-likeness (QED) is 0.420. The summed E-state index contributed by atoms with van der Waals surface area (Å²) in [4.78, 5) is 33.9. The number of nitrogens with one attached hydrogen (secondary N) is 2. The lowest BCUT2D eigenvalue weighted by Crippen LogP contribution is -2.21. The standard InChI is InChI=1S/C21H17BrFN5O3/c1-12-7-8-13(20(29)26-31-2)11-15(12)24-17-9-10-27-19(25-17)18(22)21(30)28(27)16-6-4-3-5-14(16)23/h3-11H,1-2H3,(H,24,25)(H,26,29). The van der Waals surface area contributed by atoms with E-state index in [9.17, 15) is 14.0 Å². The van der Waals surface area contributed by atoms with Gasteiger partial charge >= 0.3 is 0 Å². The predicted molar refractivity (Wildman–Crippen MR) is 117 cm³/mol. The summed E-state index contributed by atoms with van der Waals surface area (Å²) in [6, 6.07) is 12.8. The Morgan fingerprint density at radius 2 is 1.97 bits per heavy atom. The number of hydrogen-bond acceptors (Lipinski definition) is 5. The highest BCUT2D eigenvalue weighted by atomic mass is 79.9. The summed E-state index contributed by atoms with van der Waals surface area (Å²) in [6.45, 7) is 1.88. The Hall–Kier alpha value is -3.50. The SMILES string of the molecule is CONC(=O)c1ccc(C)c(Nc2ccn3c(n2)c(Br)c(=O)n3-c2ccccc2F)c1. The molecule has 4 rings (SSSR count). The van der Waals surface area contributed by atoms with E-state index in [2.05, 4.69) is 36.5 Å². The number of carbonyl (C=O) groups excluding carboxylic acids is 1. The highest BCUT2D eigenvalue weighted by Crippen LogP contribution is 2.24. The van der Waals surface area contributed by atoms with Crippen LogP contribution < -0.4 is 16.4 Å². The molecule has 158 valence electrons. The summed E-state index contributed by atoms with van der Waals surface area (Å²) in [5.41, 5.74) is 4.20. The topological polar surface area (TPSA) is 89.7 Å². The van der Waals surface area contributed by atoms with E-state index in [1.54, 1.807) is 42.6 Å². The number of fused-ring (bicyclic) bond motifs is 1. The molecule has 0 aliphatic heterocycles. The molecule has 0 spiro atoms. The van der Waals surface area contributed by atoms with Crippen LogP contribution in [0.5, 0.6) is 0 Å². The van der Waals surface area contributed by atoms with E-state index in [4.69, 9.17) is 0 Å². The molecule has 0 saturated heterocycles. The molecule has 2 aromatic carbocycles. The number of amides is 1. The van der Waals surface area contributed by atoms with Gasteiger partial charge in [0.2, 0.25) is 0 Å². The van der Waals surface area contributed by atoms with Gasteiger partial charge in [-0.15, -0.1) is 0 Å². The summed E-state index contributed by atoms with van der Waals surface area (Å²) in [6.07, 6.45) is 1.61. The monoisotopic (exact) mass is 485 g/mol. The molecule has 0 fully saturated rings. The molecule has 2 N–H and O–H groups in total. The van der Waals surface area contributed by atoms with E-state index in [1.807, 2.05) is 6.92 Å². The van der Waals surface area contributed by atoms with E-state index < -0.39 is 11.4 Å². The number of para-hydroxylation sites is 1. The molecule has 2 aromatic heterocycles. The zero-order valence-corrected chi connectivity index (χ0v) is 18.1. The van der Waals surface area contributed by atoms with Crippen molar-refractivity contribution in [3.05, 3.63) is 86.5 Å². The van der Waals surface area contributed by atoms with E-state index in [0.717, 1.165) is 5.56 Å².